The third kappa shape index (κ3) is 4.02. The van der Waals surface area contributed by atoms with Crippen LogP contribution in [0, 0.1) is 0 Å². The first-order valence-electron chi connectivity index (χ1n) is 5.52. The number of nitrogens with zero attached hydrogens (tertiary/aromatic N) is 3. The summed E-state index contributed by atoms with van der Waals surface area (Å²) in [6.45, 7) is 3.43. The van der Waals surface area contributed by atoms with Gasteiger partial charge in [-0.3, -0.25) is 4.57 Å². The van der Waals surface area contributed by atoms with Crippen LogP contribution in [0.2, 0.25) is 0 Å². The van der Waals surface area contributed by atoms with E-state index < -0.39 is 10.0 Å². The van der Waals surface area contributed by atoms with E-state index in [4.69, 9.17) is 14.6 Å². The molecule has 0 radical (unpaired) electrons. The fourth-order valence-corrected chi connectivity index (χ4v) is 2.05. The number of nitrogens with two attached hydrogens (primary N) is 1. The van der Waals surface area contributed by atoms with Gasteiger partial charge in [0, 0.05) is 13.7 Å². The predicted molar refractivity (Wildman–Crippen MR) is 63.2 cm³/mol. The summed E-state index contributed by atoms with van der Waals surface area (Å²) in [6.07, 6.45) is 0.742. The van der Waals surface area contributed by atoms with Gasteiger partial charge < -0.3 is 9.47 Å². The fraction of sp³-hybridized carbons (Fsp3) is 0.778. The van der Waals surface area contributed by atoms with Crippen molar-refractivity contribution in [3.63, 3.8) is 0 Å². The van der Waals surface area contributed by atoms with Crippen molar-refractivity contribution in [1.82, 2.24) is 14.8 Å². The lowest BCUT2D eigenvalue weighted by Crippen LogP contribution is -2.20. The Hall–Kier alpha value is -1.03. The molecular weight excluding hydrogens is 260 g/mol. The Bertz CT molecular complexity index is 471. The van der Waals surface area contributed by atoms with Crippen LogP contribution in [0.25, 0.3) is 0 Å². The number of hydrogen-bond donors (Lipinski definition) is 1. The lowest BCUT2D eigenvalue weighted by atomic mass is 10.4. The number of hydrogen-bond acceptors (Lipinski definition) is 6. The van der Waals surface area contributed by atoms with E-state index in [-0.39, 0.29) is 11.8 Å². The zero-order valence-corrected chi connectivity index (χ0v) is 11.3. The number of sulfonamides is 1. The SMILES string of the molecule is CCCn1c(COCCOC)nnc1S(N)(=O)=O. The molecule has 0 fully saturated rings. The van der Waals surface area contributed by atoms with Gasteiger partial charge in [-0.05, 0) is 6.42 Å². The minimum atomic E-state index is -3.86. The van der Waals surface area contributed by atoms with Gasteiger partial charge in [-0.2, -0.15) is 0 Å². The molecule has 1 aromatic heterocycles. The molecule has 0 aliphatic heterocycles. The highest BCUT2D eigenvalue weighted by Gasteiger charge is 2.20. The molecule has 0 saturated carbocycles. The van der Waals surface area contributed by atoms with E-state index in [0.717, 1.165) is 6.42 Å². The van der Waals surface area contributed by atoms with Crippen molar-refractivity contribution in [3.8, 4) is 0 Å². The first-order valence-corrected chi connectivity index (χ1v) is 7.07. The summed E-state index contributed by atoms with van der Waals surface area (Å²) >= 11 is 0. The Balaban J connectivity index is 2.82. The van der Waals surface area contributed by atoms with Gasteiger partial charge in [0.2, 0.25) is 0 Å². The molecule has 0 amide bonds. The Morgan fingerprint density at radius 1 is 1.33 bits per heavy atom. The molecule has 2 N–H and O–H groups in total. The molecule has 0 unspecified atom stereocenters. The summed E-state index contributed by atoms with van der Waals surface area (Å²) in [5, 5.41) is 12.2. The largest absolute Gasteiger partial charge is 0.382 e. The first-order chi connectivity index (χ1) is 8.50. The maximum atomic E-state index is 11.3. The molecule has 18 heavy (non-hydrogen) atoms. The number of primary sulfonamides is 1. The number of rotatable bonds is 8. The third-order valence-electron chi connectivity index (χ3n) is 2.16. The monoisotopic (exact) mass is 278 g/mol. The summed E-state index contributed by atoms with van der Waals surface area (Å²) in [5.41, 5.74) is 0. The number of aromatic nitrogens is 3. The van der Waals surface area contributed by atoms with Gasteiger partial charge in [0.05, 0.1) is 13.2 Å². The third-order valence-corrected chi connectivity index (χ3v) is 2.97. The predicted octanol–water partition coefficient (Wildman–Crippen LogP) is -0.501. The van der Waals surface area contributed by atoms with Crippen molar-refractivity contribution >= 4 is 10.0 Å². The van der Waals surface area contributed by atoms with Crippen molar-refractivity contribution in [2.75, 3.05) is 20.3 Å². The average Bonchev–Trinajstić information content (AvgIpc) is 2.68. The molecular formula is C9H18N4O4S. The van der Waals surface area contributed by atoms with Gasteiger partial charge in [0.25, 0.3) is 15.2 Å². The number of ether oxygens (including phenoxy) is 2. The fourth-order valence-electron chi connectivity index (χ4n) is 1.39. The molecule has 0 bridgehead atoms. The molecule has 104 valence electrons. The van der Waals surface area contributed by atoms with E-state index in [1.807, 2.05) is 6.92 Å². The van der Waals surface area contributed by atoms with Crippen LogP contribution in [0.1, 0.15) is 19.2 Å². The second-order valence-corrected chi connectivity index (χ2v) is 5.10. The quantitative estimate of drug-likeness (QED) is 0.642. The van der Waals surface area contributed by atoms with Crippen molar-refractivity contribution < 1.29 is 17.9 Å². The standard InChI is InChI=1S/C9H18N4O4S/c1-3-4-13-8(7-17-6-5-16-2)11-12-9(13)18(10,14)15/h3-7H2,1-2H3,(H2,10,14,15). The zero-order valence-electron chi connectivity index (χ0n) is 10.5. The second-order valence-electron chi connectivity index (χ2n) is 3.64. The summed E-state index contributed by atoms with van der Waals surface area (Å²) in [7, 11) is -2.29. The summed E-state index contributed by atoms with van der Waals surface area (Å²) in [5.74, 6) is 0.442. The lowest BCUT2D eigenvalue weighted by molar-refractivity contribution is 0.0569. The van der Waals surface area contributed by atoms with Gasteiger partial charge >= 0.3 is 0 Å². The molecule has 8 nitrogen and oxygen atoms in total. The van der Waals surface area contributed by atoms with E-state index in [1.54, 1.807) is 7.11 Å². The van der Waals surface area contributed by atoms with Gasteiger partial charge in [0.1, 0.15) is 6.61 Å². The molecule has 0 aromatic carbocycles. The highest BCUT2D eigenvalue weighted by molar-refractivity contribution is 7.89. The van der Waals surface area contributed by atoms with Crippen LogP contribution in [-0.2, 0) is 32.6 Å². The maximum Gasteiger partial charge on any atom is 0.273 e. The van der Waals surface area contributed by atoms with Crippen LogP contribution in [-0.4, -0.2) is 43.5 Å². The summed E-state index contributed by atoms with van der Waals surface area (Å²) < 4.78 is 34.2. The Morgan fingerprint density at radius 2 is 2.06 bits per heavy atom. The van der Waals surface area contributed by atoms with Crippen molar-refractivity contribution in [2.45, 2.75) is 31.7 Å². The van der Waals surface area contributed by atoms with Crippen LogP contribution in [0.5, 0.6) is 0 Å². The Labute approximate surface area is 106 Å². The first kappa shape index (κ1) is 15.0. The molecule has 0 aliphatic rings. The lowest BCUT2D eigenvalue weighted by Gasteiger charge is -2.08. The van der Waals surface area contributed by atoms with Gasteiger partial charge in [-0.15, -0.1) is 10.2 Å². The Kier molecular flexibility index (Phi) is 5.66. The molecule has 0 aliphatic carbocycles. The maximum absolute atomic E-state index is 11.3. The molecule has 0 atom stereocenters. The van der Waals surface area contributed by atoms with Crippen LogP contribution >= 0.6 is 0 Å². The molecule has 1 aromatic rings. The van der Waals surface area contributed by atoms with E-state index >= 15 is 0 Å². The smallest absolute Gasteiger partial charge is 0.273 e. The molecule has 0 spiro atoms. The van der Waals surface area contributed by atoms with E-state index in [9.17, 15) is 8.42 Å². The zero-order chi connectivity index (χ0) is 13.6. The minimum Gasteiger partial charge on any atom is -0.382 e. The second kappa shape index (κ2) is 6.78. The van der Waals surface area contributed by atoms with Crippen LogP contribution in [0.15, 0.2) is 5.16 Å². The number of methoxy groups -OCH3 is 1. The normalized spacial score (nSPS) is 11.9. The van der Waals surface area contributed by atoms with E-state index in [0.29, 0.717) is 25.6 Å². The van der Waals surface area contributed by atoms with Crippen LogP contribution < -0.4 is 5.14 Å². The van der Waals surface area contributed by atoms with E-state index in [2.05, 4.69) is 10.2 Å². The van der Waals surface area contributed by atoms with Gasteiger partial charge in [-0.1, -0.05) is 6.92 Å². The summed E-state index contributed by atoms with van der Waals surface area (Å²) in [4.78, 5) is 0. The Morgan fingerprint density at radius 3 is 2.61 bits per heavy atom. The molecule has 9 heteroatoms. The van der Waals surface area contributed by atoms with Crippen LogP contribution in [0.4, 0.5) is 0 Å². The van der Waals surface area contributed by atoms with Crippen molar-refractivity contribution in [1.29, 1.82) is 0 Å². The van der Waals surface area contributed by atoms with Crippen molar-refractivity contribution in [3.05, 3.63) is 5.82 Å². The highest BCUT2D eigenvalue weighted by atomic mass is 32.2. The molecule has 1 heterocycles. The minimum absolute atomic E-state index is 0.173. The van der Waals surface area contributed by atoms with Gasteiger partial charge in [0.15, 0.2) is 5.82 Å². The summed E-state index contributed by atoms with van der Waals surface area (Å²) in [6, 6.07) is 0. The van der Waals surface area contributed by atoms with E-state index in [1.165, 1.54) is 4.57 Å². The topological polar surface area (TPSA) is 109 Å². The van der Waals surface area contributed by atoms with Gasteiger partial charge in [-0.25, -0.2) is 13.6 Å². The molecule has 0 saturated heterocycles. The highest BCUT2D eigenvalue weighted by Crippen LogP contribution is 2.09. The molecule has 1 rings (SSSR count). The van der Waals surface area contributed by atoms with Crippen molar-refractivity contribution in [2.24, 2.45) is 5.14 Å². The average molecular weight is 278 g/mol. The van der Waals surface area contributed by atoms with Crippen LogP contribution in [0.3, 0.4) is 0 Å².